The molecular weight excluding hydrogens is 300 g/mol. The van der Waals surface area contributed by atoms with E-state index in [-0.39, 0.29) is 17.7 Å². The normalized spacial score (nSPS) is 12.6. The first-order valence-corrected chi connectivity index (χ1v) is 8.89. The maximum absolute atomic E-state index is 12.2. The summed E-state index contributed by atoms with van der Waals surface area (Å²) in [6.07, 6.45) is 2.86. The molecule has 0 saturated carbocycles. The van der Waals surface area contributed by atoms with Gasteiger partial charge in [0, 0.05) is 18.0 Å². The van der Waals surface area contributed by atoms with Crippen molar-refractivity contribution in [3.63, 3.8) is 0 Å². The molecule has 0 bridgehead atoms. The van der Waals surface area contributed by atoms with E-state index in [1.54, 1.807) is 30.5 Å². The van der Waals surface area contributed by atoms with Gasteiger partial charge in [-0.15, -0.1) is 0 Å². The van der Waals surface area contributed by atoms with Crippen LogP contribution in [0.3, 0.4) is 0 Å². The van der Waals surface area contributed by atoms with E-state index in [9.17, 15) is 13.2 Å². The molecule has 2 rings (SSSR count). The third-order valence-electron chi connectivity index (χ3n) is 3.12. The SMILES string of the molecule is CC(NC(=O)c1ccc(CS(C)(=O)=O)cc1)c1ccccn1. The van der Waals surface area contributed by atoms with E-state index in [2.05, 4.69) is 10.3 Å². The Bertz CT molecular complexity index is 741. The Morgan fingerprint density at radius 3 is 2.41 bits per heavy atom. The van der Waals surface area contributed by atoms with Gasteiger partial charge < -0.3 is 5.32 Å². The van der Waals surface area contributed by atoms with Crippen LogP contribution in [0.2, 0.25) is 0 Å². The van der Waals surface area contributed by atoms with E-state index in [1.165, 1.54) is 6.26 Å². The number of hydrogen-bond acceptors (Lipinski definition) is 4. The zero-order valence-corrected chi connectivity index (χ0v) is 13.3. The van der Waals surface area contributed by atoms with Crippen molar-refractivity contribution in [1.82, 2.24) is 10.3 Å². The first-order valence-electron chi connectivity index (χ1n) is 6.83. The molecule has 1 aromatic carbocycles. The molecule has 2 aromatic rings. The zero-order valence-electron chi connectivity index (χ0n) is 12.5. The Morgan fingerprint density at radius 1 is 1.18 bits per heavy atom. The van der Waals surface area contributed by atoms with E-state index in [0.29, 0.717) is 11.1 Å². The molecule has 0 aliphatic heterocycles. The van der Waals surface area contributed by atoms with Gasteiger partial charge in [0.1, 0.15) is 0 Å². The first kappa shape index (κ1) is 16.2. The summed E-state index contributed by atoms with van der Waals surface area (Å²) in [7, 11) is -3.07. The van der Waals surface area contributed by atoms with Crippen LogP contribution >= 0.6 is 0 Å². The molecule has 1 heterocycles. The molecule has 116 valence electrons. The minimum absolute atomic E-state index is 0.0285. The molecule has 0 fully saturated rings. The number of rotatable bonds is 5. The molecule has 1 atom stereocenters. The van der Waals surface area contributed by atoms with Crippen molar-refractivity contribution in [2.45, 2.75) is 18.7 Å². The number of benzene rings is 1. The molecule has 1 unspecified atom stereocenters. The Morgan fingerprint density at radius 2 is 1.86 bits per heavy atom. The second kappa shape index (κ2) is 6.70. The van der Waals surface area contributed by atoms with Crippen LogP contribution < -0.4 is 5.32 Å². The van der Waals surface area contributed by atoms with E-state index in [1.807, 2.05) is 25.1 Å². The van der Waals surface area contributed by atoms with Crippen LogP contribution in [-0.4, -0.2) is 25.6 Å². The van der Waals surface area contributed by atoms with Gasteiger partial charge in [-0.3, -0.25) is 9.78 Å². The summed E-state index contributed by atoms with van der Waals surface area (Å²) in [4.78, 5) is 16.4. The molecule has 22 heavy (non-hydrogen) atoms. The predicted molar refractivity (Wildman–Crippen MR) is 85.1 cm³/mol. The summed E-state index contributed by atoms with van der Waals surface area (Å²) < 4.78 is 22.5. The lowest BCUT2D eigenvalue weighted by molar-refractivity contribution is 0.0939. The number of amides is 1. The van der Waals surface area contributed by atoms with Gasteiger partial charge >= 0.3 is 0 Å². The smallest absolute Gasteiger partial charge is 0.251 e. The molecule has 0 aliphatic carbocycles. The molecule has 0 spiro atoms. The molecule has 1 N–H and O–H groups in total. The second-order valence-electron chi connectivity index (χ2n) is 5.22. The number of carbonyl (C=O) groups excluding carboxylic acids is 1. The van der Waals surface area contributed by atoms with Crippen LogP contribution in [0.5, 0.6) is 0 Å². The Balaban J connectivity index is 2.04. The summed E-state index contributed by atoms with van der Waals surface area (Å²) in [6, 6.07) is 11.9. The molecule has 1 amide bonds. The Hall–Kier alpha value is -2.21. The number of nitrogens with one attached hydrogen (secondary N) is 1. The molecule has 0 radical (unpaired) electrons. The molecule has 0 saturated heterocycles. The van der Waals surface area contributed by atoms with Crippen molar-refractivity contribution < 1.29 is 13.2 Å². The second-order valence-corrected chi connectivity index (χ2v) is 7.36. The standard InChI is InChI=1S/C16H18N2O3S/c1-12(15-5-3-4-10-17-15)18-16(19)14-8-6-13(7-9-14)11-22(2,20)21/h3-10,12H,11H2,1-2H3,(H,18,19). The van der Waals surface area contributed by atoms with Crippen LogP contribution in [0, 0.1) is 0 Å². The van der Waals surface area contributed by atoms with Crippen LogP contribution in [0.4, 0.5) is 0 Å². The highest BCUT2D eigenvalue weighted by molar-refractivity contribution is 7.89. The van der Waals surface area contributed by atoms with Gasteiger partial charge in [0.05, 0.1) is 17.5 Å². The fourth-order valence-electron chi connectivity index (χ4n) is 2.04. The van der Waals surface area contributed by atoms with E-state index in [0.717, 1.165) is 5.69 Å². The quantitative estimate of drug-likeness (QED) is 0.916. The lowest BCUT2D eigenvalue weighted by Crippen LogP contribution is -2.27. The number of nitrogens with zero attached hydrogens (tertiary/aromatic N) is 1. The topological polar surface area (TPSA) is 76.1 Å². The third-order valence-corrected chi connectivity index (χ3v) is 3.98. The van der Waals surface area contributed by atoms with Gasteiger partial charge in [-0.25, -0.2) is 8.42 Å². The van der Waals surface area contributed by atoms with Gasteiger partial charge in [-0.1, -0.05) is 18.2 Å². The lowest BCUT2D eigenvalue weighted by atomic mass is 10.1. The maximum Gasteiger partial charge on any atom is 0.251 e. The maximum atomic E-state index is 12.2. The third kappa shape index (κ3) is 4.66. The molecule has 1 aromatic heterocycles. The van der Waals surface area contributed by atoms with E-state index >= 15 is 0 Å². The Kier molecular flexibility index (Phi) is 4.92. The van der Waals surface area contributed by atoms with Gasteiger partial charge in [-0.05, 0) is 36.8 Å². The highest BCUT2D eigenvalue weighted by atomic mass is 32.2. The van der Waals surface area contributed by atoms with Crippen LogP contribution in [0.1, 0.15) is 34.6 Å². The molecular formula is C16H18N2O3S. The van der Waals surface area contributed by atoms with Crippen LogP contribution in [0.15, 0.2) is 48.7 Å². The average molecular weight is 318 g/mol. The monoisotopic (exact) mass is 318 g/mol. The van der Waals surface area contributed by atoms with Crippen molar-refractivity contribution >= 4 is 15.7 Å². The fourth-order valence-corrected chi connectivity index (χ4v) is 2.84. The molecule has 6 heteroatoms. The van der Waals surface area contributed by atoms with Gasteiger partial charge in [0.2, 0.25) is 0 Å². The number of hydrogen-bond donors (Lipinski definition) is 1. The van der Waals surface area contributed by atoms with Gasteiger partial charge in [-0.2, -0.15) is 0 Å². The summed E-state index contributed by atoms with van der Waals surface area (Å²) in [5, 5.41) is 2.86. The highest BCUT2D eigenvalue weighted by Gasteiger charge is 2.12. The fraction of sp³-hybridized carbons (Fsp3) is 0.250. The van der Waals surface area contributed by atoms with Gasteiger partial charge in [0.25, 0.3) is 5.91 Å². The van der Waals surface area contributed by atoms with Crippen molar-refractivity contribution in [3.05, 3.63) is 65.5 Å². The van der Waals surface area contributed by atoms with Crippen LogP contribution in [-0.2, 0) is 15.6 Å². The van der Waals surface area contributed by atoms with E-state index in [4.69, 9.17) is 0 Å². The van der Waals surface area contributed by atoms with Gasteiger partial charge in [0.15, 0.2) is 9.84 Å². The van der Waals surface area contributed by atoms with E-state index < -0.39 is 9.84 Å². The minimum atomic E-state index is -3.07. The molecule has 0 aliphatic rings. The van der Waals surface area contributed by atoms with Crippen molar-refractivity contribution in [1.29, 1.82) is 0 Å². The summed E-state index contributed by atoms with van der Waals surface area (Å²) in [5.74, 6) is -0.247. The van der Waals surface area contributed by atoms with Crippen molar-refractivity contribution in [2.24, 2.45) is 0 Å². The van der Waals surface area contributed by atoms with Crippen LogP contribution in [0.25, 0.3) is 0 Å². The first-order chi connectivity index (χ1) is 10.3. The van der Waals surface area contributed by atoms with Crippen molar-refractivity contribution in [3.8, 4) is 0 Å². The van der Waals surface area contributed by atoms with Crippen molar-refractivity contribution in [2.75, 3.05) is 6.26 Å². The zero-order chi connectivity index (χ0) is 16.2. The predicted octanol–water partition coefficient (Wildman–Crippen LogP) is 2.12. The highest BCUT2D eigenvalue weighted by Crippen LogP contribution is 2.11. The number of aromatic nitrogens is 1. The lowest BCUT2D eigenvalue weighted by Gasteiger charge is -2.13. The number of pyridine rings is 1. The summed E-state index contributed by atoms with van der Waals surface area (Å²) >= 11 is 0. The summed E-state index contributed by atoms with van der Waals surface area (Å²) in [5.41, 5.74) is 1.93. The minimum Gasteiger partial charge on any atom is -0.344 e. The largest absolute Gasteiger partial charge is 0.344 e. The average Bonchev–Trinajstić information content (AvgIpc) is 2.47. The summed E-state index contributed by atoms with van der Waals surface area (Å²) in [6.45, 7) is 1.86. The number of sulfone groups is 1. The Labute approximate surface area is 130 Å². The number of carbonyl (C=O) groups is 1. The molecule has 5 nitrogen and oxygen atoms in total.